The van der Waals surface area contributed by atoms with Crippen molar-refractivity contribution >= 4 is 21.4 Å². The molecule has 2 aromatic heterocycles. The molecule has 0 saturated carbocycles. The van der Waals surface area contributed by atoms with Crippen molar-refractivity contribution in [2.75, 3.05) is 0 Å². The monoisotopic (exact) mass is 358 g/mol. The Labute approximate surface area is 146 Å². The van der Waals surface area contributed by atoms with E-state index in [1.165, 1.54) is 0 Å². The second kappa shape index (κ2) is 6.84. The third-order valence-electron chi connectivity index (χ3n) is 3.86. The van der Waals surface area contributed by atoms with Crippen LogP contribution in [-0.2, 0) is 16.6 Å². The lowest BCUT2D eigenvalue weighted by atomic mass is 10.1. The van der Waals surface area contributed by atoms with Crippen LogP contribution in [0, 0.1) is 13.8 Å². The number of nitrogens with one attached hydrogen (secondary N) is 1. The number of benzene rings is 1. The lowest BCUT2D eigenvalue weighted by Gasteiger charge is -2.09. The topological polar surface area (TPSA) is 59.1 Å². The standard InChI is InChI=1S/C18H18N2O2S2/c1-13-5-6-17(8-14(13)2)24(21,22)20-11-15-9-16(12-19-10-15)18-4-3-7-23-18/h3-10,12,20H,11H2,1-2H3. The molecule has 1 N–H and O–H groups in total. The van der Waals surface area contributed by atoms with Gasteiger partial charge in [-0.15, -0.1) is 11.3 Å². The molecule has 3 aromatic rings. The number of nitrogens with zero attached hydrogens (tertiary/aromatic N) is 1. The molecule has 1 aromatic carbocycles. The molecular formula is C18H18N2O2S2. The second-order valence-electron chi connectivity index (χ2n) is 5.63. The summed E-state index contributed by atoms with van der Waals surface area (Å²) in [5, 5.41) is 2.00. The van der Waals surface area contributed by atoms with Gasteiger partial charge in [-0.1, -0.05) is 12.1 Å². The zero-order valence-electron chi connectivity index (χ0n) is 13.5. The average Bonchev–Trinajstić information content (AvgIpc) is 3.10. The molecule has 6 heteroatoms. The van der Waals surface area contributed by atoms with E-state index in [4.69, 9.17) is 0 Å². The van der Waals surface area contributed by atoms with E-state index in [1.807, 2.05) is 43.5 Å². The number of hydrogen-bond acceptors (Lipinski definition) is 4. The van der Waals surface area contributed by atoms with Crippen LogP contribution in [0.15, 0.2) is 59.1 Å². The molecule has 0 atom stereocenters. The highest BCUT2D eigenvalue weighted by atomic mass is 32.2. The molecule has 0 fully saturated rings. The molecule has 0 spiro atoms. The maximum Gasteiger partial charge on any atom is 0.240 e. The summed E-state index contributed by atoms with van der Waals surface area (Å²) in [5.41, 5.74) is 3.85. The van der Waals surface area contributed by atoms with Crippen LogP contribution in [-0.4, -0.2) is 13.4 Å². The first kappa shape index (κ1) is 16.8. The Morgan fingerprint density at radius 1 is 1.08 bits per heavy atom. The maximum absolute atomic E-state index is 12.5. The van der Waals surface area contributed by atoms with Gasteiger partial charge in [0.2, 0.25) is 10.0 Å². The minimum atomic E-state index is -3.54. The summed E-state index contributed by atoms with van der Waals surface area (Å²) in [6.45, 7) is 4.07. The number of aromatic nitrogens is 1. The van der Waals surface area contributed by atoms with Gasteiger partial charge in [-0.3, -0.25) is 4.98 Å². The molecule has 2 heterocycles. The summed E-state index contributed by atoms with van der Waals surface area (Å²) >= 11 is 1.63. The minimum Gasteiger partial charge on any atom is -0.264 e. The summed E-state index contributed by atoms with van der Waals surface area (Å²) in [6, 6.07) is 11.1. The van der Waals surface area contributed by atoms with Crippen LogP contribution in [0.1, 0.15) is 16.7 Å². The molecule has 0 aliphatic heterocycles. The summed E-state index contributed by atoms with van der Waals surface area (Å²) in [7, 11) is -3.54. The number of hydrogen-bond donors (Lipinski definition) is 1. The first-order valence-electron chi connectivity index (χ1n) is 7.50. The Morgan fingerprint density at radius 2 is 1.92 bits per heavy atom. The van der Waals surface area contributed by atoms with E-state index in [-0.39, 0.29) is 11.4 Å². The Hall–Kier alpha value is -2.02. The zero-order chi connectivity index (χ0) is 17.2. The third kappa shape index (κ3) is 3.72. The van der Waals surface area contributed by atoms with Gasteiger partial charge in [0.25, 0.3) is 0 Å². The van der Waals surface area contributed by atoms with Crippen molar-refractivity contribution in [2.24, 2.45) is 0 Å². The van der Waals surface area contributed by atoms with Crippen LogP contribution in [0.2, 0.25) is 0 Å². The normalized spacial score (nSPS) is 11.6. The lowest BCUT2D eigenvalue weighted by molar-refractivity contribution is 0.581. The van der Waals surface area contributed by atoms with Gasteiger partial charge in [-0.25, -0.2) is 13.1 Å². The van der Waals surface area contributed by atoms with E-state index in [2.05, 4.69) is 9.71 Å². The maximum atomic E-state index is 12.5. The fraction of sp³-hybridized carbons (Fsp3) is 0.167. The van der Waals surface area contributed by atoms with Crippen LogP contribution in [0.5, 0.6) is 0 Å². The highest BCUT2D eigenvalue weighted by Crippen LogP contribution is 2.24. The van der Waals surface area contributed by atoms with Gasteiger partial charge in [0.15, 0.2) is 0 Å². The molecule has 0 saturated heterocycles. The van der Waals surface area contributed by atoms with E-state index in [9.17, 15) is 8.42 Å². The van der Waals surface area contributed by atoms with E-state index < -0.39 is 10.0 Å². The summed E-state index contributed by atoms with van der Waals surface area (Å²) in [5.74, 6) is 0. The molecule has 0 unspecified atom stereocenters. The molecule has 0 amide bonds. The predicted octanol–water partition coefficient (Wildman–Crippen LogP) is 3.91. The molecule has 0 radical (unpaired) electrons. The Kier molecular flexibility index (Phi) is 4.80. The van der Waals surface area contributed by atoms with Gasteiger partial charge in [-0.2, -0.15) is 0 Å². The first-order valence-corrected chi connectivity index (χ1v) is 9.87. The van der Waals surface area contributed by atoms with Crippen LogP contribution in [0.25, 0.3) is 10.4 Å². The van der Waals surface area contributed by atoms with Gasteiger partial charge in [0.1, 0.15) is 0 Å². The van der Waals surface area contributed by atoms with Crippen molar-refractivity contribution in [1.82, 2.24) is 9.71 Å². The number of thiophene rings is 1. The molecule has 0 bridgehead atoms. The molecule has 0 aliphatic carbocycles. The number of rotatable bonds is 5. The number of aryl methyl sites for hydroxylation is 2. The summed E-state index contributed by atoms with van der Waals surface area (Å²) in [4.78, 5) is 5.61. The summed E-state index contributed by atoms with van der Waals surface area (Å²) in [6.07, 6.45) is 3.47. The first-order chi connectivity index (χ1) is 11.5. The van der Waals surface area contributed by atoms with E-state index in [0.717, 1.165) is 27.1 Å². The van der Waals surface area contributed by atoms with Crippen molar-refractivity contribution < 1.29 is 8.42 Å². The SMILES string of the molecule is Cc1ccc(S(=O)(=O)NCc2cncc(-c3cccs3)c2)cc1C. The van der Waals surface area contributed by atoms with E-state index in [1.54, 1.807) is 35.9 Å². The highest BCUT2D eigenvalue weighted by Gasteiger charge is 2.14. The van der Waals surface area contributed by atoms with Crippen LogP contribution >= 0.6 is 11.3 Å². The Morgan fingerprint density at radius 3 is 2.62 bits per heavy atom. The molecule has 4 nitrogen and oxygen atoms in total. The number of sulfonamides is 1. The van der Waals surface area contributed by atoms with Crippen molar-refractivity contribution in [3.05, 3.63) is 70.9 Å². The van der Waals surface area contributed by atoms with E-state index >= 15 is 0 Å². The highest BCUT2D eigenvalue weighted by molar-refractivity contribution is 7.89. The number of pyridine rings is 1. The van der Waals surface area contributed by atoms with Crippen LogP contribution in [0.3, 0.4) is 0 Å². The largest absolute Gasteiger partial charge is 0.264 e. The molecule has 3 rings (SSSR count). The molecule has 124 valence electrons. The fourth-order valence-electron chi connectivity index (χ4n) is 2.30. The van der Waals surface area contributed by atoms with Crippen molar-refractivity contribution in [3.63, 3.8) is 0 Å². The Balaban J connectivity index is 1.77. The van der Waals surface area contributed by atoms with Gasteiger partial charge in [0, 0.05) is 29.4 Å². The quantitative estimate of drug-likeness (QED) is 0.752. The van der Waals surface area contributed by atoms with Crippen molar-refractivity contribution in [2.45, 2.75) is 25.3 Å². The molecule has 24 heavy (non-hydrogen) atoms. The molecular weight excluding hydrogens is 340 g/mol. The summed E-state index contributed by atoms with van der Waals surface area (Å²) < 4.78 is 27.6. The predicted molar refractivity (Wildman–Crippen MR) is 97.5 cm³/mol. The smallest absolute Gasteiger partial charge is 0.240 e. The fourth-order valence-corrected chi connectivity index (χ4v) is 4.12. The van der Waals surface area contributed by atoms with Crippen molar-refractivity contribution in [3.8, 4) is 10.4 Å². The van der Waals surface area contributed by atoms with Crippen molar-refractivity contribution in [1.29, 1.82) is 0 Å². The van der Waals surface area contributed by atoms with Gasteiger partial charge in [-0.05, 0) is 60.2 Å². The van der Waals surface area contributed by atoms with Crippen LogP contribution in [0.4, 0.5) is 0 Å². The minimum absolute atomic E-state index is 0.210. The molecule has 0 aliphatic rings. The second-order valence-corrected chi connectivity index (χ2v) is 8.34. The third-order valence-corrected chi connectivity index (χ3v) is 6.17. The van der Waals surface area contributed by atoms with Crippen LogP contribution < -0.4 is 4.72 Å². The lowest BCUT2D eigenvalue weighted by Crippen LogP contribution is -2.23. The van der Waals surface area contributed by atoms with E-state index in [0.29, 0.717) is 0 Å². The average molecular weight is 358 g/mol. The zero-order valence-corrected chi connectivity index (χ0v) is 15.1. The van der Waals surface area contributed by atoms with Gasteiger partial charge >= 0.3 is 0 Å². The van der Waals surface area contributed by atoms with Gasteiger partial charge in [0.05, 0.1) is 4.90 Å². The van der Waals surface area contributed by atoms with Gasteiger partial charge < -0.3 is 0 Å². The Bertz CT molecular complexity index is 949.